The van der Waals surface area contributed by atoms with Crippen LogP contribution in [0.2, 0.25) is 0 Å². The fourth-order valence-electron chi connectivity index (χ4n) is 3.90. The van der Waals surface area contributed by atoms with Crippen LogP contribution in [0.4, 0.5) is 0 Å². The number of aryl methyl sites for hydroxylation is 3. The molecule has 0 bridgehead atoms. The lowest BCUT2D eigenvalue weighted by Crippen LogP contribution is -2.39. The van der Waals surface area contributed by atoms with E-state index >= 15 is 0 Å². The Morgan fingerprint density at radius 2 is 2.14 bits per heavy atom. The molecule has 1 aliphatic heterocycles. The average Bonchev–Trinajstić information content (AvgIpc) is 3.30. The van der Waals surface area contributed by atoms with Crippen molar-refractivity contribution in [1.29, 1.82) is 0 Å². The zero-order valence-corrected chi connectivity index (χ0v) is 16.6. The molecule has 0 unspecified atom stereocenters. The van der Waals surface area contributed by atoms with Crippen LogP contribution in [0.5, 0.6) is 0 Å². The van der Waals surface area contributed by atoms with Gasteiger partial charge in [-0.3, -0.25) is 19.4 Å². The highest BCUT2D eigenvalue weighted by atomic mass is 16.2. The van der Waals surface area contributed by atoms with Crippen LogP contribution in [0.3, 0.4) is 0 Å². The van der Waals surface area contributed by atoms with Gasteiger partial charge in [-0.05, 0) is 39.7 Å². The lowest BCUT2D eigenvalue weighted by atomic mass is 9.94. The van der Waals surface area contributed by atoms with Crippen LogP contribution in [0.1, 0.15) is 47.8 Å². The van der Waals surface area contributed by atoms with Crippen LogP contribution in [0, 0.1) is 20.8 Å². The average molecular weight is 382 g/mol. The molecule has 28 heavy (non-hydrogen) atoms. The Morgan fingerprint density at radius 1 is 1.32 bits per heavy atom. The molecule has 0 radical (unpaired) electrons. The van der Waals surface area contributed by atoms with Crippen molar-refractivity contribution in [2.45, 2.75) is 52.5 Å². The number of carbonyl (C=O) groups is 1. The molecule has 148 valence electrons. The molecule has 1 amide bonds. The Labute approximate surface area is 163 Å². The van der Waals surface area contributed by atoms with E-state index < -0.39 is 0 Å². The predicted octanol–water partition coefficient (Wildman–Crippen LogP) is 1.94. The molecular formula is C20H26N6O2. The van der Waals surface area contributed by atoms with Crippen molar-refractivity contribution >= 4 is 11.6 Å². The fourth-order valence-corrected chi connectivity index (χ4v) is 3.90. The summed E-state index contributed by atoms with van der Waals surface area (Å²) in [6.07, 6.45) is 4.14. The minimum absolute atomic E-state index is 0.0629. The Kier molecular flexibility index (Phi) is 4.78. The normalized spacial score (nSPS) is 17.4. The molecule has 3 aromatic rings. The zero-order chi connectivity index (χ0) is 19.8. The van der Waals surface area contributed by atoms with Crippen LogP contribution >= 0.6 is 0 Å². The van der Waals surface area contributed by atoms with Gasteiger partial charge in [-0.2, -0.15) is 5.10 Å². The van der Waals surface area contributed by atoms with Gasteiger partial charge in [0.15, 0.2) is 5.65 Å². The van der Waals surface area contributed by atoms with Gasteiger partial charge < -0.3 is 4.90 Å². The second kappa shape index (κ2) is 7.26. The summed E-state index contributed by atoms with van der Waals surface area (Å²) in [6.45, 7) is 7.68. The summed E-state index contributed by atoms with van der Waals surface area (Å²) in [5.41, 5.74) is 4.01. The third kappa shape index (κ3) is 3.34. The number of aromatic nitrogens is 5. The van der Waals surface area contributed by atoms with Gasteiger partial charge in [0, 0.05) is 66.9 Å². The van der Waals surface area contributed by atoms with E-state index in [1.165, 1.54) is 4.52 Å². The van der Waals surface area contributed by atoms with Crippen LogP contribution in [0.25, 0.3) is 5.65 Å². The van der Waals surface area contributed by atoms with Crippen molar-refractivity contribution in [2.24, 2.45) is 0 Å². The highest BCUT2D eigenvalue weighted by Gasteiger charge is 2.26. The van der Waals surface area contributed by atoms with E-state index in [0.29, 0.717) is 30.7 Å². The van der Waals surface area contributed by atoms with Gasteiger partial charge in [0.2, 0.25) is 5.91 Å². The molecule has 0 aliphatic carbocycles. The molecular weight excluding hydrogens is 356 g/mol. The molecule has 8 heteroatoms. The Bertz CT molecular complexity index is 1080. The third-order valence-corrected chi connectivity index (χ3v) is 5.78. The second-order valence-electron chi connectivity index (χ2n) is 7.66. The van der Waals surface area contributed by atoms with E-state index in [-0.39, 0.29) is 17.4 Å². The Morgan fingerprint density at radius 3 is 2.89 bits per heavy atom. The number of aromatic amines is 1. The van der Waals surface area contributed by atoms with Crippen molar-refractivity contribution in [2.75, 3.05) is 13.1 Å². The predicted molar refractivity (Wildman–Crippen MR) is 105 cm³/mol. The summed E-state index contributed by atoms with van der Waals surface area (Å²) in [6, 6.07) is 3.89. The van der Waals surface area contributed by atoms with Crippen LogP contribution in [-0.4, -0.2) is 48.3 Å². The number of amides is 1. The van der Waals surface area contributed by atoms with Gasteiger partial charge in [0.25, 0.3) is 5.56 Å². The molecule has 1 aliphatic rings. The lowest BCUT2D eigenvalue weighted by molar-refractivity contribution is -0.132. The lowest BCUT2D eigenvalue weighted by Gasteiger charge is -2.32. The number of nitrogens with zero attached hydrogens (tertiary/aromatic N) is 5. The number of rotatable bonds is 4. The highest BCUT2D eigenvalue weighted by molar-refractivity contribution is 5.76. The first kappa shape index (κ1) is 18.5. The number of fused-ring (bicyclic) bond motifs is 1. The highest BCUT2D eigenvalue weighted by Crippen LogP contribution is 2.27. The van der Waals surface area contributed by atoms with Gasteiger partial charge in [-0.1, -0.05) is 0 Å². The molecule has 1 saturated heterocycles. The van der Waals surface area contributed by atoms with Crippen molar-refractivity contribution in [1.82, 2.24) is 29.3 Å². The minimum Gasteiger partial charge on any atom is -0.342 e. The van der Waals surface area contributed by atoms with E-state index in [2.05, 4.69) is 15.2 Å². The molecule has 1 fully saturated rings. The number of H-pyrrole nitrogens is 1. The van der Waals surface area contributed by atoms with Gasteiger partial charge in [-0.15, -0.1) is 0 Å². The zero-order valence-electron chi connectivity index (χ0n) is 16.6. The van der Waals surface area contributed by atoms with Crippen molar-refractivity contribution in [3.8, 4) is 0 Å². The third-order valence-electron chi connectivity index (χ3n) is 5.78. The SMILES string of the molecule is Cc1nc2cc([C@@H]3CCCN(C(=O)CCn4nccc4C)C3)[nH]n2c(=O)c1C. The summed E-state index contributed by atoms with van der Waals surface area (Å²) in [7, 11) is 0. The maximum atomic E-state index is 12.7. The number of piperidine rings is 1. The molecule has 0 saturated carbocycles. The van der Waals surface area contributed by atoms with E-state index in [9.17, 15) is 9.59 Å². The number of hydrogen-bond donors (Lipinski definition) is 1. The van der Waals surface area contributed by atoms with Gasteiger partial charge in [0.1, 0.15) is 0 Å². The summed E-state index contributed by atoms with van der Waals surface area (Å²) < 4.78 is 3.37. The first-order chi connectivity index (χ1) is 13.4. The smallest absolute Gasteiger partial charge is 0.275 e. The monoisotopic (exact) mass is 382 g/mol. The first-order valence-electron chi connectivity index (χ1n) is 9.79. The van der Waals surface area contributed by atoms with E-state index in [1.54, 1.807) is 13.1 Å². The largest absolute Gasteiger partial charge is 0.342 e. The summed E-state index contributed by atoms with van der Waals surface area (Å²) >= 11 is 0. The first-order valence-corrected chi connectivity index (χ1v) is 9.79. The summed E-state index contributed by atoms with van der Waals surface area (Å²) in [5.74, 6) is 0.337. The number of nitrogens with one attached hydrogen (secondary N) is 1. The summed E-state index contributed by atoms with van der Waals surface area (Å²) in [4.78, 5) is 31.6. The molecule has 4 heterocycles. The number of carbonyl (C=O) groups excluding carboxylic acids is 1. The van der Waals surface area contributed by atoms with Crippen LogP contribution in [-0.2, 0) is 11.3 Å². The quantitative estimate of drug-likeness (QED) is 0.747. The summed E-state index contributed by atoms with van der Waals surface area (Å²) in [5, 5.41) is 7.46. The maximum absolute atomic E-state index is 12.7. The maximum Gasteiger partial charge on any atom is 0.275 e. The topological polar surface area (TPSA) is 88.3 Å². The van der Waals surface area contributed by atoms with Crippen molar-refractivity contribution in [3.63, 3.8) is 0 Å². The van der Waals surface area contributed by atoms with Crippen LogP contribution < -0.4 is 5.56 Å². The molecule has 0 aromatic carbocycles. The Hall–Kier alpha value is -2.90. The molecule has 8 nitrogen and oxygen atoms in total. The minimum atomic E-state index is -0.0629. The van der Waals surface area contributed by atoms with Crippen molar-refractivity contribution in [3.05, 3.63) is 51.3 Å². The Balaban J connectivity index is 1.48. The fraction of sp³-hybridized carbons (Fsp3) is 0.500. The second-order valence-corrected chi connectivity index (χ2v) is 7.66. The standard InChI is InChI=1S/C20H26N6O2/c1-13-6-8-21-25(13)10-7-19(27)24-9-4-5-16(12-24)17-11-18-22-15(3)14(2)20(28)26(18)23-17/h6,8,11,16,23H,4-5,7,9-10,12H2,1-3H3/t16-/m1/s1. The molecule has 0 spiro atoms. The number of hydrogen-bond acceptors (Lipinski definition) is 4. The molecule has 1 N–H and O–H groups in total. The van der Waals surface area contributed by atoms with Gasteiger partial charge in [0.05, 0.1) is 0 Å². The van der Waals surface area contributed by atoms with Gasteiger partial charge >= 0.3 is 0 Å². The van der Waals surface area contributed by atoms with Crippen LogP contribution in [0.15, 0.2) is 23.1 Å². The molecule has 3 aromatic heterocycles. The molecule has 4 rings (SSSR count). The molecule has 1 atom stereocenters. The van der Waals surface area contributed by atoms with E-state index in [0.717, 1.165) is 36.5 Å². The number of likely N-dealkylation sites (tertiary alicyclic amines) is 1. The van der Waals surface area contributed by atoms with E-state index in [1.807, 2.05) is 35.6 Å². The van der Waals surface area contributed by atoms with Gasteiger partial charge in [-0.25, -0.2) is 9.50 Å². The van der Waals surface area contributed by atoms with E-state index in [4.69, 9.17) is 0 Å². The van der Waals surface area contributed by atoms with Crippen molar-refractivity contribution < 1.29 is 4.79 Å².